The summed E-state index contributed by atoms with van der Waals surface area (Å²) in [5.74, 6) is 2.89. The highest BCUT2D eigenvalue weighted by molar-refractivity contribution is 4.96. The number of likely N-dealkylation sites (tertiary alicyclic amines) is 1. The Kier molecular flexibility index (Phi) is 3.18. The number of hydrogen-bond donors (Lipinski definition) is 2. The molecule has 0 spiro atoms. The van der Waals surface area contributed by atoms with Gasteiger partial charge in [0.15, 0.2) is 0 Å². The molecule has 2 heterocycles. The van der Waals surface area contributed by atoms with Gasteiger partial charge in [-0.25, -0.2) is 0 Å². The van der Waals surface area contributed by atoms with E-state index in [1.807, 2.05) is 0 Å². The van der Waals surface area contributed by atoms with Gasteiger partial charge in [0.25, 0.3) is 0 Å². The standard InChI is InChI=1S/C13H25N3/c14-2-1-3-16-9-10-4-11-5-13(16)6-12(11)8-15-7-10/h10-13,15H,1-9,14H2. The molecule has 3 fully saturated rings. The minimum Gasteiger partial charge on any atom is -0.330 e. The summed E-state index contributed by atoms with van der Waals surface area (Å²) in [6.07, 6.45) is 5.56. The van der Waals surface area contributed by atoms with Crippen LogP contribution in [0.3, 0.4) is 0 Å². The van der Waals surface area contributed by atoms with Gasteiger partial charge < -0.3 is 11.1 Å². The molecule has 4 unspecified atom stereocenters. The summed E-state index contributed by atoms with van der Waals surface area (Å²) in [5, 5.41) is 3.67. The molecule has 3 aliphatic rings. The molecule has 3 bridgehead atoms. The molecular weight excluding hydrogens is 198 g/mol. The maximum absolute atomic E-state index is 5.65. The van der Waals surface area contributed by atoms with E-state index in [4.69, 9.17) is 5.73 Å². The molecule has 1 saturated carbocycles. The lowest BCUT2D eigenvalue weighted by Gasteiger charge is -2.30. The molecular formula is C13H25N3. The van der Waals surface area contributed by atoms with E-state index in [1.165, 1.54) is 51.9 Å². The van der Waals surface area contributed by atoms with Crippen LogP contribution < -0.4 is 11.1 Å². The predicted molar refractivity (Wildman–Crippen MR) is 66.2 cm³/mol. The fraction of sp³-hybridized carbons (Fsp3) is 1.00. The monoisotopic (exact) mass is 223 g/mol. The van der Waals surface area contributed by atoms with Crippen LogP contribution in [-0.4, -0.2) is 43.7 Å². The normalized spacial score (nSPS) is 43.3. The highest BCUT2D eigenvalue weighted by atomic mass is 15.2. The fourth-order valence-electron chi connectivity index (χ4n) is 4.19. The van der Waals surface area contributed by atoms with Gasteiger partial charge in [-0.3, -0.25) is 4.90 Å². The lowest BCUT2D eigenvalue weighted by atomic mass is 9.88. The fourth-order valence-corrected chi connectivity index (χ4v) is 4.19. The molecule has 1 aliphatic carbocycles. The highest BCUT2D eigenvalue weighted by Crippen LogP contribution is 2.42. The number of rotatable bonds is 3. The number of hydrogen-bond acceptors (Lipinski definition) is 3. The van der Waals surface area contributed by atoms with Crippen molar-refractivity contribution < 1.29 is 0 Å². The Hall–Kier alpha value is -0.120. The smallest absolute Gasteiger partial charge is 0.0101 e. The van der Waals surface area contributed by atoms with Gasteiger partial charge in [0.05, 0.1) is 0 Å². The summed E-state index contributed by atoms with van der Waals surface area (Å²) in [6.45, 7) is 5.93. The van der Waals surface area contributed by atoms with Gasteiger partial charge >= 0.3 is 0 Å². The van der Waals surface area contributed by atoms with Gasteiger partial charge in [-0.15, -0.1) is 0 Å². The largest absolute Gasteiger partial charge is 0.330 e. The molecule has 2 saturated heterocycles. The molecule has 0 aromatic heterocycles. The van der Waals surface area contributed by atoms with E-state index >= 15 is 0 Å². The van der Waals surface area contributed by atoms with Crippen molar-refractivity contribution >= 4 is 0 Å². The van der Waals surface area contributed by atoms with Gasteiger partial charge in [0.2, 0.25) is 0 Å². The maximum Gasteiger partial charge on any atom is 0.0101 e. The second kappa shape index (κ2) is 4.63. The Bertz CT molecular complexity index is 241. The average Bonchev–Trinajstić information content (AvgIpc) is 2.51. The predicted octanol–water partition coefficient (Wildman–Crippen LogP) is 0.655. The van der Waals surface area contributed by atoms with Crippen molar-refractivity contribution in [1.82, 2.24) is 10.2 Å². The van der Waals surface area contributed by atoms with E-state index in [0.717, 1.165) is 30.3 Å². The van der Waals surface area contributed by atoms with Gasteiger partial charge in [-0.2, -0.15) is 0 Å². The van der Waals surface area contributed by atoms with Crippen molar-refractivity contribution in [2.24, 2.45) is 23.5 Å². The first-order valence-electron chi connectivity index (χ1n) is 7.01. The van der Waals surface area contributed by atoms with E-state index < -0.39 is 0 Å². The number of fused-ring (bicyclic) bond motifs is 2. The van der Waals surface area contributed by atoms with Crippen LogP contribution in [0.1, 0.15) is 25.7 Å². The summed E-state index contributed by atoms with van der Waals surface area (Å²) in [5.41, 5.74) is 5.65. The highest BCUT2D eigenvalue weighted by Gasteiger charge is 2.42. The van der Waals surface area contributed by atoms with Crippen LogP contribution in [-0.2, 0) is 0 Å². The van der Waals surface area contributed by atoms with E-state index in [-0.39, 0.29) is 0 Å². The van der Waals surface area contributed by atoms with Crippen LogP contribution >= 0.6 is 0 Å². The molecule has 0 radical (unpaired) electrons. The van der Waals surface area contributed by atoms with Crippen molar-refractivity contribution in [2.45, 2.75) is 31.7 Å². The topological polar surface area (TPSA) is 41.3 Å². The van der Waals surface area contributed by atoms with Crippen molar-refractivity contribution in [3.63, 3.8) is 0 Å². The summed E-state index contributed by atoms with van der Waals surface area (Å²) >= 11 is 0. The Morgan fingerprint density at radius 2 is 2.00 bits per heavy atom. The first-order chi connectivity index (χ1) is 7.86. The van der Waals surface area contributed by atoms with Crippen LogP contribution in [0.15, 0.2) is 0 Å². The number of nitrogens with two attached hydrogens (primary N) is 1. The first kappa shape index (κ1) is 11.0. The molecule has 0 amide bonds. The third kappa shape index (κ3) is 2.01. The van der Waals surface area contributed by atoms with E-state index in [2.05, 4.69) is 10.2 Å². The molecule has 16 heavy (non-hydrogen) atoms. The minimum absolute atomic E-state index is 0.846. The molecule has 3 N–H and O–H groups in total. The van der Waals surface area contributed by atoms with Gasteiger partial charge in [0, 0.05) is 12.6 Å². The summed E-state index contributed by atoms with van der Waals surface area (Å²) in [7, 11) is 0. The lowest BCUT2D eigenvalue weighted by molar-refractivity contribution is 0.173. The van der Waals surface area contributed by atoms with E-state index in [1.54, 1.807) is 0 Å². The first-order valence-corrected chi connectivity index (χ1v) is 7.01. The lowest BCUT2D eigenvalue weighted by Crippen LogP contribution is -2.38. The molecule has 3 nitrogen and oxygen atoms in total. The van der Waals surface area contributed by atoms with Crippen LogP contribution in [0.25, 0.3) is 0 Å². The van der Waals surface area contributed by atoms with Gasteiger partial charge in [-0.05, 0) is 69.6 Å². The summed E-state index contributed by atoms with van der Waals surface area (Å²) < 4.78 is 0. The maximum atomic E-state index is 5.65. The SMILES string of the molecule is NCCCN1CC2CNCC3CC1CC3C2. The zero-order chi connectivity index (χ0) is 11.0. The molecule has 0 aromatic rings. The third-order valence-electron chi connectivity index (χ3n) is 4.95. The van der Waals surface area contributed by atoms with Crippen molar-refractivity contribution in [2.75, 3.05) is 32.7 Å². The average molecular weight is 223 g/mol. The molecule has 3 heteroatoms. The number of nitrogens with one attached hydrogen (secondary N) is 1. The zero-order valence-corrected chi connectivity index (χ0v) is 10.2. The second-order valence-corrected chi connectivity index (χ2v) is 6.04. The minimum atomic E-state index is 0.846. The van der Waals surface area contributed by atoms with E-state index in [0.29, 0.717) is 0 Å². The van der Waals surface area contributed by atoms with Crippen LogP contribution in [0, 0.1) is 17.8 Å². The molecule has 4 atom stereocenters. The Labute approximate surface area is 98.8 Å². The number of nitrogens with zero attached hydrogens (tertiary/aromatic N) is 1. The van der Waals surface area contributed by atoms with E-state index in [9.17, 15) is 0 Å². The summed E-state index contributed by atoms with van der Waals surface area (Å²) in [6, 6.07) is 0.881. The van der Waals surface area contributed by atoms with Crippen LogP contribution in [0.4, 0.5) is 0 Å². The van der Waals surface area contributed by atoms with Crippen LogP contribution in [0.5, 0.6) is 0 Å². The van der Waals surface area contributed by atoms with Crippen molar-refractivity contribution in [3.05, 3.63) is 0 Å². The third-order valence-corrected chi connectivity index (χ3v) is 4.95. The Morgan fingerprint density at radius 3 is 2.88 bits per heavy atom. The second-order valence-electron chi connectivity index (χ2n) is 6.04. The molecule has 92 valence electrons. The van der Waals surface area contributed by atoms with Gasteiger partial charge in [-0.1, -0.05) is 0 Å². The van der Waals surface area contributed by atoms with Gasteiger partial charge in [0.1, 0.15) is 0 Å². The van der Waals surface area contributed by atoms with Crippen molar-refractivity contribution in [3.8, 4) is 0 Å². The van der Waals surface area contributed by atoms with Crippen molar-refractivity contribution in [1.29, 1.82) is 0 Å². The summed E-state index contributed by atoms with van der Waals surface area (Å²) in [4.78, 5) is 2.75. The zero-order valence-electron chi connectivity index (χ0n) is 10.2. The molecule has 0 aromatic carbocycles. The van der Waals surface area contributed by atoms with Crippen LogP contribution in [0.2, 0.25) is 0 Å². The Balaban J connectivity index is 1.72. The molecule has 2 aliphatic heterocycles. The molecule has 3 rings (SSSR count). The quantitative estimate of drug-likeness (QED) is 0.738. The Morgan fingerprint density at radius 1 is 1.12 bits per heavy atom.